The van der Waals surface area contributed by atoms with Gasteiger partial charge in [0.25, 0.3) is 0 Å². The number of benzene rings is 2. The van der Waals surface area contributed by atoms with Gasteiger partial charge in [0.1, 0.15) is 17.0 Å². The number of aliphatic hydroxyl groups is 1. The van der Waals surface area contributed by atoms with E-state index in [1.165, 1.54) is 62.6 Å². The number of phenols is 1. The maximum atomic E-state index is 12.8. The molecule has 434 valence electrons. The predicted octanol–water partition coefficient (Wildman–Crippen LogP) is 20.7. The fourth-order valence-electron chi connectivity index (χ4n) is 10.4. The molecule has 0 aromatic heterocycles. The van der Waals surface area contributed by atoms with Crippen LogP contribution >= 0.6 is 0 Å². The topological polar surface area (TPSA) is 93.1 Å². The summed E-state index contributed by atoms with van der Waals surface area (Å²) in [5.74, 6) is 5.17. The van der Waals surface area contributed by atoms with Gasteiger partial charge in [-0.1, -0.05) is 165 Å². The minimum atomic E-state index is -4.66. The Kier molecular flexibility index (Phi) is 36.9. The molecule has 7 rings (SSSR count). The van der Waals surface area contributed by atoms with Gasteiger partial charge in [-0.2, -0.15) is 13.2 Å². The second-order valence-electron chi connectivity index (χ2n) is 22.4. The first-order valence-electron chi connectivity index (χ1n) is 25.2. The van der Waals surface area contributed by atoms with E-state index in [-0.39, 0.29) is 98.9 Å². The highest BCUT2D eigenvalue weighted by Crippen LogP contribution is 2.62. The average Bonchev–Trinajstić information content (AvgIpc) is 3.74. The van der Waals surface area contributed by atoms with Crippen molar-refractivity contribution in [1.29, 1.82) is 0 Å². The van der Waals surface area contributed by atoms with Crippen LogP contribution in [0.3, 0.4) is 0 Å². The van der Waals surface area contributed by atoms with Crippen LogP contribution in [0.15, 0.2) is 48.5 Å². The minimum Gasteiger partial charge on any atom is -0.508 e. The lowest BCUT2D eigenvalue weighted by molar-refractivity contribution is -0.258. The number of hydrogen-bond donors (Lipinski definition) is 2. The zero-order valence-electron chi connectivity index (χ0n) is 43.1. The van der Waals surface area contributed by atoms with Crippen molar-refractivity contribution in [2.45, 2.75) is 282 Å². The Labute approximate surface area is 451 Å². The highest BCUT2D eigenvalue weighted by atomic mass is 19.4. The summed E-state index contributed by atoms with van der Waals surface area (Å²) in [5.41, 5.74) is -1.68. The first-order valence-corrected chi connectivity index (χ1v) is 25.2. The van der Waals surface area contributed by atoms with Crippen molar-refractivity contribution in [3.63, 3.8) is 0 Å². The van der Waals surface area contributed by atoms with Gasteiger partial charge in [0, 0.05) is 0 Å². The minimum absolute atomic E-state index is 0. The van der Waals surface area contributed by atoms with E-state index >= 15 is 0 Å². The van der Waals surface area contributed by atoms with Crippen molar-refractivity contribution in [1.82, 2.24) is 0 Å². The van der Waals surface area contributed by atoms with Gasteiger partial charge in [-0.3, -0.25) is 9.59 Å². The zero-order valence-corrected chi connectivity index (χ0v) is 43.1. The fraction of sp³-hybridized carbons (Fsp3) is 0.781. The highest BCUT2D eigenvalue weighted by Gasteiger charge is 2.61. The summed E-state index contributed by atoms with van der Waals surface area (Å²) in [6.45, 7) is 30.1. The quantitative estimate of drug-likeness (QED) is 0.194. The van der Waals surface area contributed by atoms with Crippen LogP contribution < -0.4 is 0 Å². The van der Waals surface area contributed by atoms with Crippen molar-refractivity contribution in [3.05, 3.63) is 65.2 Å². The molecule has 0 radical (unpaired) electrons. The molecule has 5 aliphatic rings. The van der Waals surface area contributed by atoms with Gasteiger partial charge >= 0.3 is 18.1 Å². The largest absolute Gasteiger partial charge is 0.508 e. The third-order valence-corrected chi connectivity index (χ3v) is 16.5. The van der Waals surface area contributed by atoms with E-state index in [1.54, 1.807) is 24.3 Å². The van der Waals surface area contributed by atoms with Crippen LogP contribution in [0.25, 0.3) is 0 Å². The van der Waals surface area contributed by atoms with Crippen LogP contribution in [-0.2, 0) is 24.7 Å². The Hall–Kier alpha value is -3.07. The molecule has 2 aromatic carbocycles. The van der Waals surface area contributed by atoms with Gasteiger partial charge < -0.3 is 19.7 Å². The number of carbonyl (C=O) groups is 2. The molecule has 0 saturated heterocycles. The molecule has 6 nitrogen and oxygen atoms in total. The van der Waals surface area contributed by atoms with Crippen LogP contribution in [-0.4, -0.2) is 39.5 Å². The summed E-state index contributed by atoms with van der Waals surface area (Å²) in [6.07, 6.45) is 10.2. The number of ether oxygens (including phenoxy) is 2. The van der Waals surface area contributed by atoms with Gasteiger partial charge in [0.05, 0.1) is 10.8 Å². The van der Waals surface area contributed by atoms with Crippen LogP contribution in [0.1, 0.15) is 275 Å². The SMILES string of the molecule is C.C.C.C.C.C.C.C.CCC(C)(C)C(=O)OC1(C(C)C)C2CC3CC(C2)CC1C3.CCC(C)(C)C(=O)OC1(C(C)C)CCCC1.CCC(C)c1ccc(C(C)(O)C(F)(F)F)cc1.CCC(C)c1ccc(O)cc1. The van der Waals surface area contributed by atoms with Gasteiger partial charge in [0.2, 0.25) is 0 Å². The predicted molar refractivity (Wildman–Crippen MR) is 312 cm³/mol. The van der Waals surface area contributed by atoms with Crippen LogP contribution in [0.2, 0.25) is 0 Å². The molecule has 73 heavy (non-hydrogen) atoms. The normalized spacial score (nSPS) is 22.4. The number of rotatable bonds is 13. The third-order valence-electron chi connectivity index (χ3n) is 16.5. The van der Waals surface area contributed by atoms with E-state index in [9.17, 15) is 27.9 Å². The Bertz CT molecular complexity index is 1740. The lowest BCUT2D eigenvalue weighted by Gasteiger charge is -2.62. The molecule has 3 unspecified atom stereocenters. The molecule has 9 heteroatoms. The van der Waals surface area contributed by atoms with Crippen molar-refractivity contribution >= 4 is 11.9 Å². The van der Waals surface area contributed by atoms with E-state index in [0.29, 0.717) is 41.3 Å². The first kappa shape index (κ1) is 81.3. The van der Waals surface area contributed by atoms with Crippen molar-refractivity contribution in [2.75, 3.05) is 0 Å². The summed E-state index contributed by atoms with van der Waals surface area (Å²) in [6, 6.07) is 13.4. The number of aromatic hydroxyl groups is 1. The number of esters is 2. The molecule has 2 aromatic rings. The standard InChI is InChI=1S/C19H32O2.C14H26O2.C13H17F3O.C10H14O.8CH4/c1-6-18(4,5)17(20)21-19(12(2)3)15-8-13-7-14(10-15)11-16(19)9-13;1-6-13(4,5)12(15)16-14(11(2)3)9-7-8-10-14;1-4-9(2)10-5-7-11(8-6-10)12(3,17)13(14,15)16;1-3-8(2)9-4-6-10(11)7-5-9;;;;;;;;/h12-16H,6-11H2,1-5H3;11H,6-10H2,1-5H3;5-9,17H,4H2,1-3H3;4-8,11H,3H2,1-2H3;8*1H4. The number of halogens is 3. The smallest absolute Gasteiger partial charge is 0.421 e. The zero-order chi connectivity index (χ0) is 49.3. The Balaban J connectivity index is -0.000000202. The van der Waals surface area contributed by atoms with Crippen molar-refractivity contribution in [2.24, 2.45) is 46.3 Å². The molecule has 5 aliphatic carbocycles. The molecular weight excluding hydrogens is 922 g/mol. The molecule has 0 spiro atoms. The average molecular weight is 1040 g/mol. The first-order chi connectivity index (χ1) is 30.1. The Morgan fingerprint density at radius 2 is 0.918 bits per heavy atom. The molecule has 2 N–H and O–H groups in total. The number of hydrogen-bond acceptors (Lipinski definition) is 6. The summed E-state index contributed by atoms with van der Waals surface area (Å²) in [4.78, 5) is 24.9. The summed E-state index contributed by atoms with van der Waals surface area (Å²) in [5, 5.41) is 18.5. The second kappa shape index (κ2) is 33.2. The molecule has 0 heterocycles. The van der Waals surface area contributed by atoms with E-state index in [0.717, 1.165) is 62.8 Å². The van der Waals surface area contributed by atoms with E-state index in [2.05, 4.69) is 48.5 Å². The van der Waals surface area contributed by atoms with E-state index < -0.39 is 11.8 Å². The molecule has 0 amide bonds. The maximum absolute atomic E-state index is 12.8. The molecule has 0 aliphatic heterocycles. The van der Waals surface area contributed by atoms with Gasteiger partial charge in [-0.25, -0.2) is 0 Å². The van der Waals surface area contributed by atoms with E-state index in [1.807, 2.05) is 60.6 Å². The Morgan fingerprint density at radius 1 is 0.575 bits per heavy atom. The molecular formula is C64H121F3O6. The van der Waals surface area contributed by atoms with Crippen molar-refractivity contribution < 1.29 is 42.4 Å². The number of carbonyl (C=O) groups excluding carboxylic acids is 2. The third kappa shape index (κ3) is 19.8. The fourth-order valence-corrected chi connectivity index (χ4v) is 10.4. The summed E-state index contributed by atoms with van der Waals surface area (Å²) < 4.78 is 50.1. The molecule has 5 saturated carbocycles. The Morgan fingerprint density at radius 3 is 1.22 bits per heavy atom. The van der Waals surface area contributed by atoms with Crippen LogP contribution in [0, 0.1) is 46.3 Å². The van der Waals surface area contributed by atoms with Gasteiger partial charge in [0.15, 0.2) is 5.60 Å². The monoisotopic (exact) mass is 1040 g/mol. The lowest BCUT2D eigenvalue weighted by atomic mass is 9.47. The van der Waals surface area contributed by atoms with Crippen LogP contribution in [0.4, 0.5) is 13.2 Å². The second-order valence-corrected chi connectivity index (χ2v) is 22.4. The van der Waals surface area contributed by atoms with E-state index in [4.69, 9.17) is 14.6 Å². The summed E-state index contributed by atoms with van der Waals surface area (Å²) in [7, 11) is 0. The molecule has 3 atom stereocenters. The highest BCUT2D eigenvalue weighted by molar-refractivity contribution is 5.77. The number of phenolic OH excluding ortho intramolecular Hbond substituents is 1. The van der Waals surface area contributed by atoms with Gasteiger partial charge in [-0.05, 0) is 194 Å². The maximum Gasteiger partial charge on any atom is 0.421 e. The van der Waals surface area contributed by atoms with Gasteiger partial charge in [-0.15, -0.1) is 0 Å². The molecule has 4 bridgehead atoms. The lowest BCUT2D eigenvalue weighted by Crippen LogP contribution is -2.63. The summed E-state index contributed by atoms with van der Waals surface area (Å²) >= 11 is 0. The van der Waals surface area contributed by atoms with Crippen molar-refractivity contribution in [3.8, 4) is 5.75 Å². The van der Waals surface area contributed by atoms with Crippen LogP contribution in [0.5, 0.6) is 5.75 Å². The molecule has 5 fully saturated rings. The number of alkyl halides is 3.